The zero-order valence-electron chi connectivity index (χ0n) is 10.9. The van der Waals surface area contributed by atoms with Crippen molar-refractivity contribution in [2.75, 3.05) is 12.9 Å². The first kappa shape index (κ1) is 13.8. The van der Waals surface area contributed by atoms with E-state index in [1.54, 1.807) is 18.9 Å². The predicted molar refractivity (Wildman–Crippen MR) is 80.1 cm³/mol. The number of hydrogen-bond acceptors (Lipinski definition) is 4. The summed E-state index contributed by atoms with van der Waals surface area (Å²) in [6.45, 7) is 4.43. The topological polar surface area (TPSA) is 26.3 Å². The average molecular weight is 282 g/mol. The molecule has 1 fully saturated rings. The Hall–Kier alpha value is -0.610. The van der Waals surface area contributed by atoms with E-state index >= 15 is 0 Å². The average Bonchev–Trinajstić information content (AvgIpc) is 2.41. The van der Waals surface area contributed by atoms with Crippen molar-refractivity contribution in [1.29, 1.82) is 0 Å². The monoisotopic (exact) mass is 282 g/mol. The maximum Gasteiger partial charge on any atom is 0.180 e. The highest BCUT2D eigenvalue weighted by molar-refractivity contribution is 8.08. The van der Waals surface area contributed by atoms with E-state index in [1.807, 2.05) is 36.0 Å². The van der Waals surface area contributed by atoms with Gasteiger partial charge in [-0.2, -0.15) is 11.8 Å². The number of carbonyl (C=O) groups excluding carboxylic acids is 1. The smallest absolute Gasteiger partial charge is 0.180 e. The van der Waals surface area contributed by atoms with E-state index in [4.69, 9.17) is 4.74 Å². The maximum atomic E-state index is 12.5. The van der Waals surface area contributed by atoms with E-state index in [0.717, 1.165) is 5.75 Å². The highest BCUT2D eigenvalue weighted by atomic mass is 32.2. The van der Waals surface area contributed by atoms with Crippen molar-refractivity contribution in [3.8, 4) is 5.75 Å². The van der Waals surface area contributed by atoms with Gasteiger partial charge in [-0.05, 0) is 12.1 Å². The van der Waals surface area contributed by atoms with Crippen LogP contribution in [0.1, 0.15) is 24.2 Å². The van der Waals surface area contributed by atoms with Gasteiger partial charge in [0.05, 0.1) is 17.9 Å². The van der Waals surface area contributed by atoms with Crippen molar-refractivity contribution < 1.29 is 9.53 Å². The summed E-state index contributed by atoms with van der Waals surface area (Å²) in [7, 11) is 1.61. The van der Waals surface area contributed by atoms with Gasteiger partial charge in [-0.3, -0.25) is 4.79 Å². The molecule has 0 amide bonds. The van der Waals surface area contributed by atoms with E-state index in [1.165, 1.54) is 0 Å². The molecule has 1 aliphatic heterocycles. The van der Waals surface area contributed by atoms with Gasteiger partial charge in [0.1, 0.15) is 5.75 Å². The number of methoxy groups -OCH3 is 1. The molecular weight excluding hydrogens is 264 g/mol. The SMILES string of the molecule is COc1ccccc1C(=O)C1CSC(C)C(C)S1. The maximum absolute atomic E-state index is 12.5. The van der Waals surface area contributed by atoms with Crippen LogP contribution < -0.4 is 4.74 Å². The van der Waals surface area contributed by atoms with Crippen LogP contribution in [0.3, 0.4) is 0 Å². The predicted octanol–water partition coefficient (Wildman–Crippen LogP) is 3.50. The number of benzene rings is 1. The third kappa shape index (κ3) is 2.86. The van der Waals surface area contributed by atoms with Crippen molar-refractivity contribution in [2.24, 2.45) is 0 Å². The van der Waals surface area contributed by atoms with E-state index in [-0.39, 0.29) is 11.0 Å². The van der Waals surface area contributed by atoms with Crippen molar-refractivity contribution in [2.45, 2.75) is 29.6 Å². The number of thioether (sulfide) groups is 2. The second kappa shape index (κ2) is 6.02. The minimum atomic E-state index is 0.0532. The molecule has 0 aliphatic carbocycles. The molecule has 2 nitrogen and oxygen atoms in total. The number of hydrogen-bond donors (Lipinski definition) is 0. The molecule has 4 heteroatoms. The van der Waals surface area contributed by atoms with Crippen LogP contribution in [-0.2, 0) is 0 Å². The van der Waals surface area contributed by atoms with Crippen LogP contribution in [-0.4, -0.2) is 34.4 Å². The molecule has 98 valence electrons. The summed E-state index contributed by atoms with van der Waals surface area (Å²) < 4.78 is 5.27. The molecule has 0 N–H and O–H groups in total. The lowest BCUT2D eigenvalue weighted by atomic mass is 10.1. The van der Waals surface area contributed by atoms with Gasteiger partial charge in [0.25, 0.3) is 0 Å². The van der Waals surface area contributed by atoms with Gasteiger partial charge in [0, 0.05) is 16.3 Å². The first-order chi connectivity index (χ1) is 8.63. The number of carbonyl (C=O) groups is 1. The highest BCUT2D eigenvalue weighted by Crippen LogP contribution is 2.37. The Morgan fingerprint density at radius 1 is 1.28 bits per heavy atom. The zero-order chi connectivity index (χ0) is 13.1. The Morgan fingerprint density at radius 2 is 2.00 bits per heavy atom. The lowest BCUT2D eigenvalue weighted by Gasteiger charge is -2.30. The van der Waals surface area contributed by atoms with Crippen LogP contribution in [0.15, 0.2) is 24.3 Å². The number of Topliss-reactive ketones (excluding diaryl/α,β-unsaturated/α-hetero) is 1. The molecule has 1 heterocycles. The van der Waals surface area contributed by atoms with Gasteiger partial charge in [-0.15, -0.1) is 11.8 Å². The zero-order valence-corrected chi connectivity index (χ0v) is 12.5. The number of rotatable bonds is 3. The Kier molecular flexibility index (Phi) is 4.62. The fourth-order valence-electron chi connectivity index (χ4n) is 1.94. The summed E-state index contributed by atoms with van der Waals surface area (Å²) in [4.78, 5) is 12.5. The molecule has 2 rings (SSSR count). The van der Waals surface area contributed by atoms with Crippen LogP contribution in [0.25, 0.3) is 0 Å². The van der Waals surface area contributed by atoms with E-state index in [9.17, 15) is 4.79 Å². The van der Waals surface area contributed by atoms with Crippen LogP contribution >= 0.6 is 23.5 Å². The van der Waals surface area contributed by atoms with Crippen LogP contribution in [0, 0.1) is 0 Å². The van der Waals surface area contributed by atoms with Crippen LogP contribution in [0.2, 0.25) is 0 Å². The minimum Gasteiger partial charge on any atom is -0.496 e. The molecule has 0 spiro atoms. The van der Waals surface area contributed by atoms with Gasteiger partial charge < -0.3 is 4.74 Å². The van der Waals surface area contributed by atoms with Crippen molar-refractivity contribution in [1.82, 2.24) is 0 Å². The molecule has 0 aromatic heterocycles. The van der Waals surface area contributed by atoms with Gasteiger partial charge in [-0.25, -0.2) is 0 Å². The lowest BCUT2D eigenvalue weighted by molar-refractivity contribution is 0.0992. The molecule has 1 saturated heterocycles. The Labute approximate surface area is 117 Å². The number of para-hydroxylation sites is 1. The summed E-state index contributed by atoms with van der Waals surface area (Å²) >= 11 is 3.68. The van der Waals surface area contributed by atoms with Crippen molar-refractivity contribution >= 4 is 29.3 Å². The van der Waals surface area contributed by atoms with Gasteiger partial charge in [0.15, 0.2) is 5.78 Å². The van der Waals surface area contributed by atoms with E-state index < -0.39 is 0 Å². The van der Waals surface area contributed by atoms with Gasteiger partial charge in [0.2, 0.25) is 0 Å². The summed E-state index contributed by atoms with van der Waals surface area (Å²) in [5, 5.41) is 1.20. The van der Waals surface area contributed by atoms with E-state index in [0.29, 0.717) is 21.8 Å². The fraction of sp³-hybridized carbons (Fsp3) is 0.500. The van der Waals surface area contributed by atoms with E-state index in [2.05, 4.69) is 13.8 Å². The Balaban J connectivity index is 2.16. The second-order valence-electron chi connectivity index (χ2n) is 4.43. The van der Waals surface area contributed by atoms with Crippen LogP contribution in [0.4, 0.5) is 0 Å². The normalized spacial score (nSPS) is 27.8. The third-order valence-corrected chi connectivity index (χ3v) is 6.61. The lowest BCUT2D eigenvalue weighted by Crippen LogP contribution is -2.31. The number of ketones is 1. The molecule has 18 heavy (non-hydrogen) atoms. The first-order valence-corrected chi connectivity index (χ1v) is 8.07. The first-order valence-electron chi connectivity index (χ1n) is 6.07. The fourth-order valence-corrected chi connectivity index (χ4v) is 4.81. The summed E-state index contributed by atoms with van der Waals surface area (Å²) in [5.74, 6) is 1.77. The molecule has 1 aromatic rings. The third-order valence-electron chi connectivity index (χ3n) is 3.22. The second-order valence-corrected chi connectivity index (χ2v) is 7.43. The molecule has 1 aliphatic rings. The molecule has 3 atom stereocenters. The van der Waals surface area contributed by atoms with Crippen molar-refractivity contribution in [3.63, 3.8) is 0 Å². The molecule has 0 bridgehead atoms. The largest absolute Gasteiger partial charge is 0.496 e. The Morgan fingerprint density at radius 3 is 2.67 bits per heavy atom. The Bertz CT molecular complexity index is 434. The molecule has 0 saturated carbocycles. The summed E-state index contributed by atoms with van der Waals surface area (Å²) in [6.07, 6.45) is 0. The standard InChI is InChI=1S/C14H18O2S2/c1-9-10(2)18-13(8-17-9)14(15)11-6-4-5-7-12(11)16-3/h4-7,9-10,13H,8H2,1-3H3. The number of ether oxygens (including phenoxy) is 1. The highest BCUT2D eigenvalue weighted by Gasteiger charge is 2.31. The molecular formula is C14H18O2S2. The molecule has 1 aromatic carbocycles. The summed E-state index contributed by atoms with van der Waals surface area (Å²) in [5.41, 5.74) is 0.708. The van der Waals surface area contributed by atoms with Gasteiger partial charge >= 0.3 is 0 Å². The minimum absolute atomic E-state index is 0.0532. The van der Waals surface area contributed by atoms with Crippen molar-refractivity contribution in [3.05, 3.63) is 29.8 Å². The molecule has 3 unspecified atom stereocenters. The molecule has 0 radical (unpaired) electrons. The van der Waals surface area contributed by atoms with Gasteiger partial charge in [-0.1, -0.05) is 26.0 Å². The quantitative estimate of drug-likeness (QED) is 0.793. The van der Waals surface area contributed by atoms with Crippen LogP contribution in [0.5, 0.6) is 5.75 Å². The summed E-state index contributed by atoms with van der Waals surface area (Å²) in [6, 6.07) is 7.49.